The predicted molar refractivity (Wildman–Crippen MR) is 76.3 cm³/mol. The molecule has 6 heteroatoms. The van der Waals surface area contributed by atoms with Crippen molar-refractivity contribution in [2.24, 2.45) is 0 Å². The van der Waals surface area contributed by atoms with Gasteiger partial charge in [0.2, 0.25) is 0 Å². The van der Waals surface area contributed by atoms with Gasteiger partial charge in [0.15, 0.2) is 0 Å². The summed E-state index contributed by atoms with van der Waals surface area (Å²) in [6.07, 6.45) is -1.18. The molecule has 0 spiro atoms. The number of alkyl halides is 1. The highest BCUT2D eigenvalue weighted by atomic mass is 79.9. The van der Waals surface area contributed by atoms with Crippen LogP contribution >= 0.6 is 15.9 Å². The quantitative estimate of drug-likeness (QED) is 0.857. The van der Waals surface area contributed by atoms with Crippen LogP contribution in [0.2, 0.25) is 0 Å². The van der Waals surface area contributed by atoms with Gasteiger partial charge in [-0.3, -0.25) is 0 Å². The third-order valence-electron chi connectivity index (χ3n) is 2.30. The van der Waals surface area contributed by atoms with E-state index in [-0.39, 0.29) is 0 Å². The molecule has 102 valence electrons. The number of nitrogens with one attached hydrogen (secondary N) is 1. The topological polar surface area (TPSA) is 42.0 Å². The van der Waals surface area contributed by atoms with Gasteiger partial charge < -0.3 is 0 Å². The Morgan fingerprint density at radius 1 is 1.44 bits per heavy atom. The first-order valence-electron chi connectivity index (χ1n) is 5.66. The van der Waals surface area contributed by atoms with Gasteiger partial charge in [-0.15, -0.1) is 0 Å². The molecule has 3 atom stereocenters. The van der Waals surface area contributed by atoms with Crippen molar-refractivity contribution in [3.05, 3.63) is 28.5 Å². The minimum absolute atomic E-state index is 0.445. The lowest BCUT2D eigenvalue weighted by atomic mass is 10.1. The van der Waals surface area contributed by atoms with Gasteiger partial charge in [0, 0.05) is 0 Å². The molecule has 3 nitrogen and oxygen atoms in total. The largest absolute Gasteiger partial charge is 0.246 e. The maximum Gasteiger partial charge on any atom is 0.119 e. The van der Waals surface area contributed by atoms with E-state index >= 15 is 0 Å². The van der Waals surface area contributed by atoms with E-state index in [0.29, 0.717) is 10.3 Å². The molecule has 0 aliphatic rings. The Balaban J connectivity index is 2.95. The fourth-order valence-corrected chi connectivity index (χ4v) is 2.53. The lowest BCUT2D eigenvalue weighted by molar-refractivity contribution is 0.292. The van der Waals surface area contributed by atoms with E-state index < -0.39 is 27.9 Å². The Labute approximate surface area is 118 Å². The van der Waals surface area contributed by atoms with Crippen molar-refractivity contribution in [1.82, 2.24) is 9.71 Å². The van der Waals surface area contributed by atoms with Gasteiger partial charge in [0.25, 0.3) is 0 Å². The molecular weight excluding hydrogens is 319 g/mol. The number of hydrogen-bond acceptors (Lipinski definition) is 2. The second-order valence-electron chi connectivity index (χ2n) is 5.04. The van der Waals surface area contributed by atoms with Crippen molar-refractivity contribution in [2.45, 2.75) is 44.7 Å². The van der Waals surface area contributed by atoms with E-state index in [2.05, 4.69) is 25.6 Å². The molecule has 0 amide bonds. The Hall–Kier alpha value is -0.330. The van der Waals surface area contributed by atoms with Crippen LogP contribution in [-0.2, 0) is 11.0 Å². The molecule has 0 saturated carbocycles. The number of nitrogens with zero attached hydrogens (tertiary/aromatic N) is 1. The third kappa shape index (κ3) is 4.40. The van der Waals surface area contributed by atoms with Gasteiger partial charge in [0.1, 0.15) is 10.8 Å². The summed E-state index contributed by atoms with van der Waals surface area (Å²) in [5.74, 6) is 0. The van der Waals surface area contributed by atoms with Crippen LogP contribution in [0.1, 0.15) is 39.4 Å². The first kappa shape index (κ1) is 15.7. The summed E-state index contributed by atoms with van der Waals surface area (Å²) in [5, 5.41) is 0. The summed E-state index contributed by atoms with van der Waals surface area (Å²) < 4.78 is 28.7. The Bertz CT molecular complexity index is 434. The second-order valence-corrected chi connectivity index (χ2v) is 7.85. The van der Waals surface area contributed by atoms with Crippen LogP contribution in [0.25, 0.3) is 0 Å². The highest BCUT2D eigenvalue weighted by Gasteiger charge is 2.27. The van der Waals surface area contributed by atoms with Gasteiger partial charge >= 0.3 is 0 Å². The van der Waals surface area contributed by atoms with Gasteiger partial charge in [0.05, 0.1) is 27.5 Å². The van der Waals surface area contributed by atoms with Crippen LogP contribution in [0.15, 0.2) is 22.8 Å². The monoisotopic (exact) mass is 336 g/mol. The minimum Gasteiger partial charge on any atom is -0.246 e. The van der Waals surface area contributed by atoms with Crippen molar-refractivity contribution in [2.75, 3.05) is 0 Å². The Morgan fingerprint density at radius 2 is 2.06 bits per heavy atom. The average Bonchev–Trinajstić information content (AvgIpc) is 2.23. The molecule has 0 saturated heterocycles. The Morgan fingerprint density at radius 3 is 2.50 bits per heavy atom. The lowest BCUT2D eigenvalue weighted by Gasteiger charge is -2.24. The fraction of sp³-hybridized carbons (Fsp3) is 0.583. The van der Waals surface area contributed by atoms with Gasteiger partial charge in [-0.25, -0.2) is 18.3 Å². The number of halogens is 2. The molecule has 0 aliphatic heterocycles. The summed E-state index contributed by atoms with van der Waals surface area (Å²) in [7, 11) is -1.34. The molecule has 0 aromatic carbocycles. The highest BCUT2D eigenvalue weighted by molar-refractivity contribution is 9.10. The van der Waals surface area contributed by atoms with Gasteiger partial charge in [-0.05, 0) is 55.8 Å². The molecule has 1 aromatic heterocycles. The Kier molecular flexibility index (Phi) is 5.43. The van der Waals surface area contributed by atoms with Crippen LogP contribution in [0, 0.1) is 0 Å². The maximum absolute atomic E-state index is 13.7. The predicted octanol–water partition coefficient (Wildman–Crippen LogP) is 3.30. The van der Waals surface area contributed by atoms with E-state index in [1.165, 1.54) is 6.92 Å². The van der Waals surface area contributed by atoms with E-state index in [1.807, 2.05) is 20.8 Å². The first-order valence-corrected chi connectivity index (χ1v) is 7.60. The second kappa shape index (κ2) is 6.21. The van der Waals surface area contributed by atoms with Crippen LogP contribution in [-0.4, -0.2) is 20.1 Å². The van der Waals surface area contributed by atoms with E-state index in [0.717, 1.165) is 0 Å². The third-order valence-corrected chi connectivity index (χ3v) is 4.33. The highest BCUT2D eigenvalue weighted by Crippen LogP contribution is 2.22. The average molecular weight is 337 g/mol. The molecule has 1 aromatic rings. The van der Waals surface area contributed by atoms with Crippen molar-refractivity contribution < 1.29 is 8.60 Å². The zero-order valence-corrected chi connectivity index (χ0v) is 13.3. The summed E-state index contributed by atoms with van der Waals surface area (Å²) in [6, 6.07) is 4.59. The molecule has 0 radical (unpaired) electrons. The standard InChI is InChI=1S/C12H18BrFN2OS/c1-8(14)11(16-18(17)12(2,3)4)9-6-5-7-10(13)15-9/h5-8,11,16H,1-4H3/t8?,11-,18-/m1/s1. The van der Waals surface area contributed by atoms with Crippen LogP contribution in [0.5, 0.6) is 0 Å². The van der Waals surface area contributed by atoms with Crippen molar-refractivity contribution >= 4 is 26.9 Å². The smallest absolute Gasteiger partial charge is 0.119 e. The molecule has 1 heterocycles. The number of aromatic nitrogens is 1. The number of pyridine rings is 1. The van der Waals surface area contributed by atoms with E-state index in [4.69, 9.17) is 0 Å². The zero-order valence-electron chi connectivity index (χ0n) is 10.9. The van der Waals surface area contributed by atoms with Crippen LogP contribution in [0.4, 0.5) is 4.39 Å². The molecule has 0 aliphatic carbocycles. The van der Waals surface area contributed by atoms with E-state index in [1.54, 1.807) is 18.2 Å². The maximum atomic E-state index is 13.7. The summed E-state index contributed by atoms with van der Waals surface area (Å²) in [5.41, 5.74) is 0.539. The first-order chi connectivity index (χ1) is 8.21. The van der Waals surface area contributed by atoms with Crippen LogP contribution < -0.4 is 4.72 Å². The van der Waals surface area contributed by atoms with Crippen molar-refractivity contribution in [3.8, 4) is 0 Å². The summed E-state index contributed by atoms with van der Waals surface area (Å²) in [6.45, 7) is 6.94. The SMILES string of the molecule is CC(F)[C@@H](N[S@](=O)C(C)(C)C)c1cccc(Br)n1. The minimum atomic E-state index is -1.34. The molecule has 0 bridgehead atoms. The normalized spacial score (nSPS) is 17.2. The van der Waals surface area contributed by atoms with Gasteiger partial charge in [-0.2, -0.15) is 0 Å². The molecular formula is C12H18BrFN2OS. The van der Waals surface area contributed by atoms with E-state index in [9.17, 15) is 8.60 Å². The van der Waals surface area contributed by atoms with Crippen molar-refractivity contribution in [3.63, 3.8) is 0 Å². The van der Waals surface area contributed by atoms with Crippen molar-refractivity contribution in [1.29, 1.82) is 0 Å². The zero-order chi connectivity index (χ0) is 13.9. The molecule has 1 unspecified atom stereocenters. The molecule has 1 rings (SSSR count). The van der Waals surface area contributed by atoms with Crippen LogP contribution in [0.3, 0.4) is 0 Å². The summed E-state index contributed by atoms with van der Waals surface area (Å²) >= 11 is 3.25. The van der Waals surface area contributed by atoms with Gasteiger partial charge in [-0.1, -0.05) is 6.07 Å². The molecule has 0 fully saturated rings. The lowest BCUT2D eigenvalue weighted by Crippen LogP contribution is -2.38. The number of rotatable bonds is 4. The molecule has 1 N–H and O–H groups in total. The summed E-state index contributed by atoms with van der Waals surface area (Å²) in [4.78, 5) is 4.21. The molecule has 18 heavy (non-hydrogen) atoms. The fourth-order valence-electron chi connectivity index (χ4n) is 1.28. The number of hydrogen-bond donors (Lipinski definition) is 1.